The van der Waals surface area contributed by atoms with Crippen molar-refractivity contribution in [1.82, 2.24) is 5.32 Å². The summed E-state index contributed by atoms with van der Waals surface area (Å²) in [5, 5.41) is 6.14. The van der Waals surface area contributed by atoms with Crippen LogP contribution in [-0.2, 0) is 20.4 Å². The Hall–Kier alpha value is -2.91. The number of carbonyl (C=O) groups excluding carboxylic acids is 2. The molecule has 0 saturated carbocycles. The molecule has 1 amide bonds. The Morgan fingerprint density at radius 1 is 1.16 bits per heavy atom. The van der Waals surface area contributed by atoms with Gasteiger partial charge >= 0.3 is 5.97 Å². The van der Waals surface area contributed by atoms with E-state index < -0.39 is 17.1 Å². The minimum absolute atomic E-state index is 0.0416. The van der Waals surface area contributed by atoms with Crippen LogP contribution in [0.3, 0.4) is 0 Å². The van der Waals surface area contributed by atoms with Gasteiger partial charge in [0.2, 0.25) is 10.9 Å². The van der Waals surface area contributed by atoms with E-state index >= 15 is 0 Å². The molecule has 1 saturated heterocycles. The van der Waals surface area contributed by atoms with Crippen LogP contribution in [0.1, 0.15) is 40.7 Å². The summed E-state index contributed by atoms with van der Waals surface area (Å²) in [4.78, 5) is 24.3. The third-order valence-electron chi connectivity index (χ3n) is 5.76. The zero-order valence-corrected chi connectivity index (χ0v) is 19.4. The van der Waals surface area contributed by atoms with E-state index in [1.165, 1.54) is 11.4 Å². The number of esters is 1. The standard InChI is InChI=1S/C23H29N3O5S/c1-15-6-4-5-7-19(15)23(28)25-20-9-8-18(12-16(20)2)26(32(29)30)21-13-17(10-11-24-21)14-22(27)31-3/h4-9,12,17,21,24,32H,10-11,13-14H2,1-3H3,(H,25,28). The van der Waals surface area contributed by atoms with E-state index in [0.29, 0.717) is 29.9 Å². The summed E-state index contributed by atoms with van der Waals surface area (Å²) >= 11 is 0. The maximum Gasteiger partial charge on any atom is 0.305 e. The van der Waals surface area contributed by atoms with Gasteiger partial charge in [-0.1, -0.05) is 18.2 Å². The van der Waals surface area contributed by atoms with Crippen LogP contribution < -0.4 is 14.9 Å². The van der Waals surface area contributed by atoms with Crippen LogP contribution in [-0.4, -0.2) is 40.1 Å². The second-order valence-electron chi connectivity index (χ2n) is 7.99. The molecule has 3 rings (SSSR count). The lowest BCUT2D eigenvalue weighted by molar-refractivity contribution is -0.142. The molecular weight excluding hydrogens is 430 g/mol. The number of aryl methyl sites for hydroxylation is 2. The summed E-state index contributed by atoms with van der Waals surface area (Å²) in [5.41, 5.74) is 3.32. The molecule has 2 aromatic rings. The largest absolute Gasteiger partial charge is 0.469 e. The Morgan fingerprint density at radius 2 is 1.91 bits per heavy atom. The number of benzene rings is 2. The normalized spacial score (nSPS) is 18.2. The highest BCUT2D eigenvalue weighted by Gasteiger charge is 2.30. The maximum atomic E-state index is 12.6. The molecule has 172 valence electrons. The van der Waals surface area contributed by atoms with E-state index in [1.807, 2.05) is 32.0 Å². The summed E-state index contributed by atoms with van der Waals surface area (Å²) in [6, 6.07) is 12.4. The Kier molecular flexibility index (Phi) is 7.87. The minimum atomic E-state index is -2.92. The lowest BCUT2D eigenvalue weighted by Crippen LogP contribution is -2.50. The van der Waals surface area contributed by atoms with Crippen LogP contribution in [0.4, 0.5) is 11.4 Å². The number of rotatable bonds is 7. The first-order valence-corrected chi connectivity index (χ1v) is 11.6. The number of anilines is 2. The van der Waals surface area contributed by atoms with Crippen LogP contribution in [0.5, 0.6) is 0 Å². The van der Waals surface area contributed by atoms with Gasteiger partial charge in [-0.25, -0.2) is 8.42 Å². The zero-order valence-electron chi connectivity index (χ0n) is 18.5. The molecule has 2 aromatic carbocycles. The van der Waals surface area contributed by atoms with Crippen LogP contribution >= 0.6 is 0 Å². The van der Waals surface area contributed by atoms with Crippen molar-refractivity contribution in [1.29, 1.82) is 0 Å². The number of hydrogen-bond acceptors (Lipinski definition) is 6. The van der Waals surface area contributed by atoms with Gasteiger partial charge in [0.15, 0.2) is 0 Å². The number of nitrogens with one attached hydrogen (secondary N) is 2. The first-order chi connectivity index (χ1) is 15.3. The van der Waals surface area contributed by atoms with Gasteiger partial charge in [0, 0.05) is 17.7 Å². The molecule has 0 bridgehead atoms. The second kappa shape index (κ2) is 10.6. The number of ether oxygens (including phenoxy) is 1. The van der Waals surface area contributed by atoms with E-state index in [2.05, 4.69) is 10.6 Å². The molecule has 1 aliphatic rings. The molecule has 1 aliphatic heterocycles. The first-order valence-electron chi connectivity index (χ1n) is 10.5. The fourth-order valence-corrected chi connectivity index (χ4v) is 4.71. The number of carbonyl (C=O) groups is 2. The predicted octanol–water partition coefficient (Wildman–Crippen LogP) is 2.78. The third-order valence-corrected chi connectivity index (χ3v) is 6.62. The molecule has 32 heavy (non-hydrogen) atoms. The molecule has 8 nitrogen and oxygen atoms in total. The van der Waals surface area contributed by atoms with Gasteiger partial charge in [0.05, 0.1) is 19.0 Å². The van der Waals surface area contributed by atoms with Crippen molar-refractivity contribution in [3.63, 3.8) is 0 Å². The molecule has 2 unspecified atom stereocenters. The summed E-state index contributed by atoms with van der Waals surface area (Å²) in [5.74, 6) is -0.469. The van der Waals surface area contributed by atoms with E-state index in [-0.39, 0.29) is 24.2 Å². The topological polar surface area (TPSA) is 105 Å². The van der Waals surface area contributed by atoms with E-state index in [1.54, 1.807) is 24.3 Å². The summed E-state index contributed by atoms with van der Waals surface area (Å²) in [7, 11) is -1.57. The van der Waals surface area contributed by atoms with Crippen LogP contribution in [0, 0.1) is 19.8 Å². The Bertz CT molecular complexity index is 1060. The molecule has 9 heteroatoms. The summed E-state index contributed by atoms with van der Waals surface area (Å²) in [6.07, 6.45) is 1.09. The lowest BCUT2D eigenvalue weighted by Gasteiger charge is -2.36. The molecule has 1 fully saturated rings. The minimum Gasteiger partial charge on any atom is -0.469 e. The number of nitrogens with zero attached hydrogens (tertiary/aromatic N) is 1. The smallest absolute Gasteiger partial charge is 0.305 e. The Balaban J connectivity index is 1.78. The van der Waals surface area contributed by atoms with Gasteiger partial charge in [-0.2, -0.15) is 0 Å². The van der Waals surface area contributed by atoms with E-state index in [4.69, 9.17) is 4.74 Å². The van der Waals surface area contributed by atoms with Crippen molar-refractivity contribution in [3.8, 4) is 0 Å². The molecule has 2 atom stereocenters. The number of hydrogen-bond donors (Lipinski definition) is 3. The highest BCUT2D eigenvalue weighted by Crippen LogP contribution is 2.29. The van der Waals surface area contributed by atoms with Crippen molar-refractivity contribution in [2.24, 2.45) is 5.92 Å². The fourth-order valence-electron chi connectivity index (χ4n) is 4.00. The van der Waals surface area contributed by atoms with Crippen molar-refractivity contribution in [3.05, 3.63) is 59.2 Å². The van der Waals surface area contributed by atoms with Crippen molar-refractivity contribution in [2.45, 2.75) is 39.3 Å². The molecular formula is C23H29N3O5S. The highest BCUT2D eigenvalue weighted by atomic mass is 32.2. The second-order valence-corrected chi connectivity index (χ2v) is 8.90. The monoisotopic (exact) mass is 459 g/mol. The van der Waals surface area contributed by atoms with Gasteiger partial charge < -0.3 is 10.1 Å². The molecule has 0 spiro atoms. The highest BCUT2D eigenvalue weighted by molar-refractivity contribution is 7.74. The molecule has 1 heterocycles. The third kappa shape index (κ3) is 5.66. The number of piperidine rings is 1. The molecule has 2 N–H and O–H groups in total. The van der Waals surface area contributed by atoms with Gasteiger partial charge in [-0.3, -0.25) is 19.2 Å². The maximum absolute atomic E-state index is 12.6. The Morgan fingerprint density at radius 3 is 2.56 bits per heavy atom. The lowest BCUT2D eigenvalue weighted by atomic mass is 9.92. The van der Waals surface area contributed by atoms with E-state index in [9.17, 15) is 18.0 Å². The number of amides is 1. The quantitative estimate of drug-likeness (QED) is 0.434. The zero-order chi connectivity index (χ0) is 23.3. The predicted molar refractivity (Wildman–Crippen MR) is 124 cm³/mol. The fraction of sp³-hybridized carbons (Fsp3) is 0.391. The van der Waals surface area contributed by atoms with Crippen LogP contribution in [0.25, 0.3) is 0 Å². The molecule has 0 aliphatic carbocycles. The van der Waals surface area contributed by atoms with Crippen molar-refractivity contribution >= 4 is 34.1 Å². The van der Waals surface area contributed by atoms with Crippen molar-refractivity contribution in [2.75, 3.05) is 23.3 Å². The Labute approximate surface area is 190 Å². The van der Waals surface area contributed by atoms with E-state index in [0.717, 1.165) is 17.5 Å². The number of methoxy groups -OCH3 is 1. The first kappa shape index (κ1) is 23.7. The van der Waals surface area contributed by atoms with Crippen molar-refractivity contribution < 1.29 is 22.7 Å². The van der Waals surface area contributed by atoms with Crippen LogP contribution in [0.2, 0.25) is 0 Å². The van der Waals surface area contributed by atoms with Gasteiger partial charge in [0.1, 0.15) is 0 Å². The van der Waals surface area contributed by atoms with Gasteiger partial charge in [-0.05, 0) is 74.5 Å². The number of thiol groups is 1. The SMILES string of the molecule is COC(=O)CC1CCNC(N(c2ccc(NC(=O)c3ccccc3C)c(C)c2)[SH](=O)=O)C1. The average Bonchev–Trinajstić information content (AvgIpc) is 2.76. The average molecular weight is 460 g/mol. The molecule has 0 radical (unpaired) electrons. The van der Waals surface area contributed by atoms with Gasteiger partial charge in [-0.15, -0.1) is 0 Å². The molecule has 0 aromatic heterocycles. The summed E-state index contributed by atoms with van der Waals surface area (Å²) < 4.78 is 30.4. The van der Waals surface area contributed by atoms with Gasteiger partial charge in [0.25, 0.3) is 5.91 Å². The van der Waals surface area contributed by atoms with Crippen LogP contribution in [0.15, 0.2) is 42.5 Å². The summed E-state index contributed by atoms with van der Waals surface area (Å²) in [6.45, 7) is 4.30.